The Kier molecular flexibility index (Phi) is 6.00. The molecule has 0 amide bonds. The maximum absolute atomic E-state index is 5.44. The van der Waals surface area contributed by atoms with Crippen molar-refractivity contribution in [3.63, 3.8) is 0 Å². The molecular weight excluding hydrogens is 192 g/mol. The highest BCUT2D eigenvalue weighted by molar-refractivity contribution is 5.21. The van der Waals surface area contributed by atoms with Crippen LogP contribution in [0.2, 0.25) is 0 Å². The summed E-state index contributed by atoms with van der Waals surface area (Å²) in [7, 11) is 0. The lowest BCUT2D eigenvalue weighted by Crippen LogP contribution is -2.36. The van der Waals surface area contributed by atoms with E-state index in [0.717, 1.165) is 5.57 Å². The summed E-state index contributed by atoms with van der Waals surface area (Å²) in [6.07, 6.45) is 5.65. The van der Waals surface area contributed by atoms with Crippen LogP contribution in [0.25, 0.3) is 0 Å². The summed E-state index contributed by atoms with van der Waals surface area (Å²) in [6, 6.07) is 0. The van der Waals surface area contributed by atoms with Crippen molar-refractivity contribution in [3.8, 4) is 0 Å². The van der Waals surface area contributed by atoms with E-state index in [-0.39, 0.29) is 6.10 Å². The number of hydrogen-bond donors (Lipinski definition) is 0. The Morgan fingerprint density at radius 1 is 1.33 bits per heavy atom. The zero-order valence-corrected chi connectivity index (χ0v) is 8.98. The third-order valence-electron chi connectivity index (χ3n) is 2.05. The molecule has 84 valence electrons. The molecule has 0 bridgehead atoms. The van der Waals surface area contributed by atoms with E-state index in [9.17, 15) is 0 Å². The Hall–Kier alpha value is -0.900. The van der Waals surface area contributed by atoms with E-state index in [1.807, 2.05) is 6.08 Å². The fourth-order valence-corrected chi connectivity index (χ4v) is 1.10. The fourth-order valence-electron chi connectivity index (χ4n) is 1.10. The maximum atomic E-state index is 5.44. The molecule has 0 saturated carbocycles. The number of allylic oxidation sites excluding steroid dienone is 2. The Morgan fingerprint density at radius 2 is 2.13 bits per heavy atom. The van der Waals surface area contributed by atoms with Gasteiger partial charge in [-0.05, 0) is 5.57 Å². The summed E-state index contributed by atoms with van der Waals surface area (Å²) >= 11 is 0. The second kappa shape index (κ2) is 7.40. The molecular formula is C12H18O3. The number of ether oxygens (including phenoxy) is 3. The van der Waals surface area contributed by atoms with Crippen molar-refractivity contribution in [2.75, 3.05) is 33.0 Å². The van der Waals surface area contributed by atoms with Gasteiger partial charge in [-0.2, -0.15) is 0 Å². The number of rotatable bonds is 8. The van der Waals surface area contributed by atoms with Crippen LogP contribution in [0.15, 0.2) is 37.0 Å². The molecule has 1 rings (SSSR count). The minimum Gasteiger partial charge on any atom is -0.376 e. The third kappa shape index (κ3) is 4.93. The van der Waals surface area contributed by atoms with Gasteiger partial charge in [0, 0.05) is 0 Å². The Balaban J connectivity index is 1.97. The molecule has 1 heterocycles. The maximum Gasteiger partial charge on any atom is 0.104 e. The molecule has 0 spiro atoms. The van der Waals surface area contributed by atoms with Crippen molar-refractivity contribution in [2.45, 2.75) is 6.10 Å². The van der Waals surface area contributed by atoms with E-state index in [2.05, 4.69) is 13.2 Å². The second-order valence-corrected chi connectivity index (χ2v) is 3.26. The van der Waals surface area contributed by atoms with Crippen LogP contribution in [0.1, 0.15) is 0 Å². The highest BCUT2D eigenvalue weighted by Gasteiger charge is 2.17. The summed E-state index contributed by atoms with van der Waals surface area (Å²) in [5.41, 5.74) is 1.02. The van der Waals surface area contributed by atoms with Crippen LogP contribution in [-0.2, 0) is 14.2 Å². The molecule has 3 nitrogen and oxygen atoms in total. The Labute approximate surface area is 91.0 Å². The van der Waals surface area contributed by atoms with Crippen molar-refractivity contribution >= 4 is 0 Å². The van der Waals surface area contributed by atoms with Crippen LogP contribution >= 0.6 is 0 Å². The van der Waals surface area contributed by atoms with E-state index in [0.29, 0.717) is 33.0 Å². The van der Waals surface area contributed by atoms with E-state index in [1.165, 1.54) is 0 Å². The first-order valence-corrected chi connectivity index (χ1v) is 5.08. The summed E-state index contributed by atoms with van der Waals surface area (Å²) in [4.78, 5) is 0. The van der Waals surface area contributed by atoms with Gasteiger partial charge in [0.2, 0.25) is 0 Å². The van der Waals surface area contributed by atoms with Crippen molar-refractivity contribution in [2.24, 2.45) is 0 Å². The molecule has 1 saturated heterocycles. The van der Waals surface area contributed by atoms with Gasteiger partial charge in [-0.1, -0.05) is 31.4 Å². The van der Waals surface area contributed by atoms with Gasteiger partial charge in [-0.25, -0.2) is 0 Å². The summed E-state index contributed by atoms with van der Waals surface area (Å²) < 4.78 is 15.8. The minimum absolute atomic E-state index is 0.274. The first kappa shape index (κ1) is 12.2. The molecule has 0 aliphatic carbocycles. The van der Waals surface area contributed by atoms with Crippen LogP contribution in [-0.4, -0.2) is 39.1 Å². The summed E-state index contributed by atoms with van der Waals surface area (Å²) in [5, 5.41) is 0. The predicted octanol–water partition coefficient (Wildman–Crippen LogP) is 1.72. The zero-order valence-electron chi connectivity index (χ0n) is 8.98. The highest BCUT2D eigenvalue weighted by atomic mass is 16.6. The number of hydrogen-bond acceptors (Lipinski definition) is 3. The van der Waals surface area contributed by atoms with Crippen LogP contribution in [0.3, 0.4) is 0 Å². The summed E-state index contributed by atoms with van der Waals surface area (Å²) in [6.45, 7) is 10.5. The van der Waals surface area contributed by atoms with Gasteiger partial charge < -0.3 is 14.2 Å². The lowest BCUT2D eigenvalue weighted by atomic mass is 10.2. The van der Waals surface area contributed by atoms with E-state index in [4.69, 9.17) is 14.2 Å². The molecule has 1 fully saturated rings. The predicted molar refractivity (Wildman–Crippen MR) is 59.9 cm³/mol. The van der Waals surface area contributed by atoms with Crippen LogP contribution < -0.4 is 0 Å². The SMILES string of the molecule is C=C/C=C(\C=C)COCCOC1COC1. The largest absolute Gasteiger partial charge is 0.376 e. The average Bonchev–Trinajstić information content (AvgIpc) is 2.18. The van der Waals surface area contributed by atoms with Crippen molar-refractivity contribution in [1.29, 1.82) is 0 Å². The quantitative estimate of drug-likeness (QED) is 0.451. The van der Waals surface area contributed by atoms with Crippen molar-refractivity contribution < 1.29 is 14.2 Å². The lowest BCUT2D eigenvalue weighted by Gasteiger charge is -2.25. The van der Waals surface area contributed by atoms with Gasteiger partial charge in [0.25, 0.3) is 0 Å². The molecule has 1 aliphatic heterocycles. The molecule has 0 unspecified atom stereocenters. The standard InChI is InChI=1S/C12H18O3/c1-3-5-11(4-2)8-13-6-7-15-12-9-14-10-12/h3-5,12H,1-2,6-10H2/b11-5+. The fraction of sp³-hybridized carbons (Fsp3) is 0.500. The molecule has 0 radical (unpaired) electrons. The first-order valence-electron chi connectivity index (χ1n) is 5.08. The molecule has 1 aliphatic rings. The molecule has 0 aromatic carbocycles. The van der Waals surface area contributed by atoms with Gasteiger partial charge >= 0.3 is 0 Å². The Morgan fingerprint density at radius 3 is 2.67 bits per heavy atom. The van der Waals surface area contributed by atoms with Gasteiger partial charge in [-0.15, -0.1) is 0 Å². The second-order valence-electron chi connectivity index (χ2n) is 3.26. The average molecular weight is 210 g/mol. The molecule has 0 aromatic rings. The van der Waals surface area contributed by atoms with E-state index in [1.54, 1.807) is 12.2 Å². The van der Waals surface area contributed by atoms with Gasteiger partial charge in [-0.3, -0.25) is 0 Å². The normalized spacial score (nSPS) is 17.2. The van der Waals surface area contributed by atoms with Crippen molar-refractivity contribution in [3.05, 3.63) is 37.0 Å². The van der Waals surface area contributed by atoms with Gasteiger partial charge in [0.1, 0.15) is 6.10 Å². The minimum atomic E-state index is 0.274. The molecule has 15 heavy (non-hydrogen) atoms. The molecule has 0 aromatic heterocycles. The van der Waals surface area contributed by atoms with Crippen LogP contribution in [0, 0.1) is 0 Å². The summed E-state index contributed by atoms with van der Waals surface area (Å²) in [5.74, 6) is 0. The zero-order chi connectivity index (χ0) is 10.9. The Bertz CT molecular complexity index is 229. The van der Waals surface area contributed by atoms with E-state index < -0.39 is 0 Å². The monoisotopic (exact) mass is 210 g/mol. The van der Waals surface area contributed by atoms with Crippen LogP contribution in [0.4, 0.5) is 0 Å². The van der Waals surface area contributed by atoms with Crippen molar-refractivity contribution in [1.82, 2.24) is 0 Å². The highest BCUT2D eigenvalue weighted by Crippen LogP contribution is 2.04. The first-order chi connectivity index (χ1) is 7.36. The smallest absolute Gasteiger partial charge is 0.104 e. The van der Waals surface area contributed by atoms with E-state index >= 15 is 0 Å². The molecule has 0 N–H and O–H groups in total. The topological polar surface area (TPSA) is 27.7 Å². The van der Waals surface area contributed by atoms with Gasteiger partial charge in [0.05, 0.1) is 33.0 Å². The molecule has 3 heteroatoms. The molecule has 0 atom stereocenters. The lowest BCUT2D eigenvalue weighted by molar-refractivity contribution is -0.136. The third-order valence-corrected chi connectivity index (χ3v) is 2.05. The van der Waals surface area contributed by atoms with Crippen LogP contribution in [0.5, 0.6) is 0 Å². The van der Waals surface area contributed by atoms with Gasteiger partial charge in [0.15, 0.2) is 0 Å².